The summed E-state index contributed by atoms with van der Waals surface area (Å²) in [4.78, 5) is 0. The summed E-state index contributed by atoms with van der Waals surface area (Å²) in [6, 6.07) is 8.19. The Balaban J connectivity index is 0.00000162. The van der Waals surface area contributed by atoms with E-state index >= 15 is 0 Å². The fraction of sp³-hybridized carbons (Fsp3) is 0.385. The first-order chi connectivity index (χ1) is 7.92. The molecule has 0 saturated carbocycles. The third kappa shape index (κ3) is 4.18. The third-order valence-corrected chi connectivity index (χ3v) is 18.1. The van der Waals surface area contributed by atoms with Gasteiger partial charge in [-0.05, 0) is 0 Å². The Labute approximate surface area is 129 Å². The van der Waals surface area contributed by atoms with Crippen LogP contribution in [0.25, 0.3) is 6.08 Å². The number of hydrogen-bond donors (Lipinski definition) is 1. The van der Waals surface area contributed by atoms with Crippen LogP contribution < -0.4 is 0 Å². The number of aliphatic hydroxyl groups excluding tert-OH is 1. The Bertz CT molecular complexity index is 592. The topological polar surface area (TPSA) is 37.3 Å². The summed E-state index contributed by atoms with van der Waals surface area (Å²) in [6.45, 7) is 1.86. The summed E-state index contributed by atoms with van der Waals surface area (Å²) in [7, 11) is 0. The molecule has 1 aliphatic rings. The molecular weight excluding hydrogens is 378 g/mol. The van der Waals surface area contributed by atoms with E-state index in [1.807, 2.05) is 16.8 Å². The molecule has 0 aliphatic heterocycles. The summed E-state index contributed by atoms with van der Waals surface area (Å²) in [6.07, 6.45) is 4.84. The zero-order valence-electron chi connectivity index (χ0n) is 11.0. The number of benzene rings is 1. The van der Waals surface area contributed by atoms with Crippen LogP contribution in [0.3, 0.4) is 0 Å². The van der Waals surface area contributed by atoms with E-state index in [0.29, 0.717) is 10.5 Å². The second-order valence-electron chi connectivity index (χ2n) is 5.56. The van der Waals surface area contributed by atoms with Crippen molar-refractivity contribution in [1.82, 2.24) is 0 Å². The van der Waals surface area contributed by atoms with Crippen LogP contribution in [0.15, 0.2) is 30.3 Å². The minimum absolute atomic E-state index is 0. The van der Waals surface area contributed by atoms with Gasteiger partial charge in [-0.25, -0.2) is 0 Å². The van der Waals surface area contributed by atoms with E-state index in [1.54, 1.807) is 6.88 Å². The van der Waals surface area contributed by atoms with Crippen molar-refractivity contribution in [2.75, 3.05) is 6.61 Å². The molecule has 0 heterocycles. The average molecular weight is 400 g/mol. The summed E-state index contributed by atoms with van der Waals surface area (Å²) in [5.74, 6) is 0. The molecule has 6 heteroatoms. The Morgan fingerprint density at radius 3 is 2.58 bits per heavy atom. The maximum absolute atomic E-state index is 13.3. The van der Waals surface area contributed by atoms with Gasteiger partial charge in [0.25, 0.3) is 0 Å². The van der Waals surface area contributed by atoms with Gasteiger partial charge < -0.3 is 0 Å². The van der Waals surface area contributed by atoms with Crippen LogP contribution in [-0.4, -0.2) is 18.6 Å². The maximum atomic E-state index is 13.3. The average Bonchev–Trinajstić information content (AvgIpc) is 2.71. The molecule has 1 aliphatic carbocycles. The Morgan fingerprint density at radius 2 is 1.95 bits per heavy atom. The molecule has 1 aromatic carbocycles. The van der Waals surface area contributed by atoms with Crippen molar-refractivity contribution in [2.24, 2.45) is 0 Å². The van der Waals surface area contributed by atoms with Gasteiger partial charge in [0.15, 0.2) is 0 Å². The predicted molar refractivity (Wildman–Crippen MR) is 84.3 cm³/mol. The summed E-state index contributed by atoms with van der Waals surface area (Å²) in [5.41, 5.74) is 2.41. The second-order valence-corrected chi connectivity index (χ2v) is 30.7. The van der Waals surface area contributed by atoms with E-state index in [2.05, 4.69) is 24.3 Å². The van der Waals surface area contributed by atoms with E-state index < -0.39 is 17.4 Å². The van der Waals surface area contributed by atoms with Gasteiger partial charge in [-0.3, -0.25) is 0 Å². The van der Waals surface area contributed by atoms with E-state index in [9.17, 15) is 2.81 Å². The number of halogens is 2. The van der Waals surface area contributed by atoms with Gasteiger partial charge in [-0.2, -0.15) is 0 Å². The van der Waals surface area contributed by atoms with Crippen LogP contribution >= 0.6 is 24.8 Å². The van der Waals surface area contributed by atoms with Gasteiger partial charge in [0.1, 0.15) is 0 Å². The molecule has 1 atom stereocenters. The molecule has 0 saturated heterocycles. The van der Waals surface area contributed by atoms with Crippen molar-refractivity contribution in [3.63, 3.8) is 0 Å². The summed E-state index contributed by atoms with van der Waals surface area (Å²) >= 11 is -3.93. The van der Waals surface area contributed by atoms with Gasteiger partial charge in [-0.1, -0.05) is 0 Å². The van der Waals surface area contributed by atoms with Crippen molar-refractivity contribution in [2.45, 2.75) is 18.8 Å². The first-order valence-electron chi connectivity index (χ1n) is 6.09. The standard InChI is InChI=1S/C9H7.C3H7O.CH3.2ClH.O.H2Si.Zr/c1-2-5-9-7-3-6-8(9)4-1;1-2-3-4;;;;;;/h1-7H;4H,1-3H2;1H3;2*1H;;1H2;. The molecule has 19 heavy (non-hydrogen) atoms. The van der Waals surface area contributed by atoms with E-state index in [0.717, 1.165) is 0 Å². The quantitative estimate of drug-likeness (QED) is 0.791. The van der Waals surface area contributed by atoms with E-state index in [-0.39, 0.29) is 35.0 Å². The number of fused-ring (bicyclic) bond motifs is 1. The molecule has 0 bridgehead atoms. The molecule has 2 rings (SSSR count). The molecule has 1 unspecified atom stereocenters. The first-order valence-corrected chi connectivity index (χ1v) is 18.6. The van der Waals surface area contributed by atoms with Crippen LogP contribution in [0.1, 0.15) is 21.2 Å². The van der Waals surface area contributed by atoms with Gasteiger partial charge in [-0.15, -0.1) is 24.8 Å². The molecule has 107 valence electrons. The molecule has 2 nitrogen and oxygen atoms in total. The first kappa shape index (κ1) is 19.4. The van der Waals surface area contributed by atoms with Crippen LogP contribution in [0, 0.1) is 0 Å². The van der Waals surface area contributed by atoms with Gasteiger partial charge >= 0.3 is 105 Å². The number of rotatable bonds is 4. The predicted octanol–water partition coefficient (Wildman–Crippen LogP) is 3.03. The number of aliphatic hydroxyl groups is 1. The zero-order valence-corrected chi connectivity index (χ0v) is 16.5. The SMILES string of the molecule is Cl.Cl.[CH3][Zr](=[O])(=[SiH2])([CH2]CCO)[CH]1C=Cc2ccccc21. The fourth-order valence-corrected chi connectivity index (χ4v) is 14.1. The zero-order chi connectivity index (χ0) is 12.5. The monoisotopic (exact) mass is 397 g/mol. The normalized spacial score (nSPS) is 17.3. The van der Waals surface area contributed by atoms with E-state index in [4.69, 9.17) is 5.11 Å². The van der Waals surface area contributed by atoms with Gasteiger partial charge in [0.2, 0.25) is 0 Å². The second kappa shape index (κ2) is 6.91. The summed E-state index contributed by atoms with van der Waals surface area (Å²) in [5, 5.41) is 8.96. The van der Waals surface area contributed by atoms with Crippen LogP contribution in [0.4, 0.5) is 0 Å². The molecule has 1 aromatic rings. The van der Waals surface area contributed by atoms with Crippen molar-refractivity contribution in [3.8, 4) is 0 Å². The molecular formula is C13H21Cl2O2SiZr. The molecule has 0 amide bonds. The van der Waals surface area contributed by atoms with Gasteiger partial charge in [0, 0.05) is 0 Å². The van der Waals surface area contributed by atoms with Crippen LogP contribution in [-0.2, 0) is 20.2 Å². The summed E-state index contributed by atoms with van der Waals surface area (Å²) < 4.78 is 16.0. The Hall–Kier alpha value is 0.400. The molecule has 0 aromatic heterocycles. The van der Waals surface area contributed by atoms with E-state index in [1.165, 1.54) is 11.1 Å². The molecule has 1 N–H and O–H groups in total. The van der Waals surface area contributed by atoms with Crippen molar-refractivity contribution in [1.29, 1.82) is 0 Å². The number of allylic oxidation sites excluding steroid dienone is 1. The van der Waals surface area contributed by atoms with Crippen LogP contribution in [0.2, 0.25) is 8.76 Å². The fourth-order valence-electron chi connectivity index (χ4n) is 2.67. The van der Waals surface area contributed by atoms with Crippen molar-refractivity contribution in [3.05, 3.63) is 41.5 Å². The Morgan fingerprint density at radius 1 is 1.32 bits per heavy atom. The van der Waals surface area contributed by atoms with Crippen molar-refractivity contribution >= 4 is 37.8 Å². The van der Waals surface area contributed by atoms with Crippen LogP contribution in [0.5, 0.6) is 0 Å². The molecule has 0 radical (unpaired) electrons. The van der Waals surface area contributed by atoms with Crippen molar-refractivity contribution < 1.29 is 25.3 Å². The minimum atomic E-state index is -3.93. The third-order valence-electron chi connectivity index (χ3n) is 3.69. The molecule has 0 spiro atoms. The number of hydrogen-bond acceptors (Lipinski definition) is 2. The Kier molecular flexibility index (Phi) is 7.05. The van der Waals surface area contributed by atoms with Gasteiger partial charge in [0.05, 0.1) is 0 Å². The molecule has 0 fully saturated rings.